The Morgan fingerprint density at radius 3 is 2.67 bits per heavy atom. The molecule has 15 heavy (non-hydrogen) atoms. The second kappa shape index (κ2) is 6.22. The van der Waals surface area contributed by atoms with E-state index in [9.17, 15) is 4.79 Å². The fourth-order valence-corrected chi connectivity index (χ4v) is 1.75. The summed E-state index contributed by atoms with van der Waals surface area (Å²) >= 11 is 2.09. The molecule has 0 saturated heterocycles. The molecule has 0 aliphatic heterocycles. The zero-order valence-corrected chi connectivity index (χ0v) is 11.3. The molecule has 0 bridgehead atoms. The molecule has 1 heterocycles. The summed E-state index contributed by atoms with van der Waals surface area (Å²) in [4.78, 5) is 13.8. The fourth-order valence-electron chi connectivity index (χ4n) is 1.36. The SMILES string of the molecule is CCN(CC)CCn1ncc(I)cc1=O. The number of hydrogen-bond donors (Lipinski definition) is 0. The molecule has 1 aromatic rings. The van der Waals surface area contributed by atoms with Crippen molar-refractivity contribution in [1.29, 1.82) is 0 Å². The summed E-state index contributed by atoms with van der Waals surface area (Å²) in [5.74, 6) is 0. The van der Waals surface area contributed by atoms with E-state index in [-0.39, 0.29) is 5.56 Å². The van der Waals surface area contributed by atoms with Crippen LogP contribution < -0.4 is 5.56 Å². The molecular weight excluding hydrogens is 305 g/mol. The molecule has 84 valence electrons. The Labute approximate surface area is 103 Å². The molecule has 0 spiro atoms. The predicted molar refractivity (Wildman–Crippen MR) is 69.0 cm³/mol. The van der Waals surface area contributed by atoms with Crippen LogP contribution in [0.3, 0.4) is 0 Å². The van der Waals surface area contributed by atoms with Crippen LogP contribution in [0, 0.1) is 3.57 Å². The highest BCUT2D eigenvalue weighted by Gasteiger charge is 2.01. The van der Waals surface area contributed by atoms with Gasteiger partial charge in [0.1, 0.15) is 0 Å². The molecule has 1 aromatic heterocycles. The quantitative estimate of drug-likeness (QED) is 0.765. The van der Waals surface area contributed by atoms with Crippen molar-refractivity contribution >= 4 is 22.6 Å². The Hall–Kier alpha value is -0.430. The van der Waals surface area contributed by atoms with Crippen LogP contribution in [-0.2, 0) is 6.54 Å². The lowest BCUT2D eigenvalue weighted by Gasteiger charge is -2.17. The highest BCUT2D eigenvalue weighted by Crippen LogP contribution is 1.96. The van der Waals surface area contributed by atoms with E-state index in [1.165, 1.54) is 4.68 Å². The van der Waals surface area contributed by atoms with Crippen LogP contribution in [0.2, 0.25) is 0 Å². The molecule has 5 heteroatoms. The molecule has 0 radical (unpaired) electrons. The first-order valence-electron chi connectivity index (χ1n) is 5.12. The van der Waals surface area contributed by atoms with Gasteiger partial charge < -0.3 is 4.90 Å². The van der Waals surface area contributed by atoms with E-state index < -0.39 is 0 Å². The van der Waals surface area contributed by atoms with Crippen molar-refractivity contribution in [3.05, 3.63) is 26.2 Å². The number of halogens is 1. The number of hydrogen-bond acceptors (Lipinski definition) is 3. The molecule has 0 aliphatic rings. The molecule has 0 atom stereocenters. The molecule has 0 saturated carbocycles. The van der Waals surface area contributed by atoms with Gasteiger partial charge in [0.05, 0.1) is 12.7 Å². The molecule has 0 unspecified atom stereocenters. The normalized spacial score (nSPS) is 10.9. The summed E-state index contributed by atoms with van der Waals surface area (Å²) in [6, 6.07) is 1.61. The van der Waals surface area contributed by atoms with Gasteiger partial charge in [-0.2, -0.15) is 5.10 Å². The maximum atomic E-state index is 11.5. The maximum Gasteiger partial charge on any atom is 0.267 e. The van der Waals surface area contributed by atoms with Crippen LogP contribution in [0.1, 0.15) is 13.8 Å². The van der Waals surface area contributed by atoms with Gasteiger partial charge in [-0.05, 0) is 35.7 Å². The lowest BCUT2D eigenvalue weighted by molar-refractivity contribution is 0.282. The Bertz CT molecular complexity index is 360. The van der Waals surface area contributed by atoms with Crippen molar-refractivity contribution in [2.75, 3.05) is 19.6 Å². The third-order valence-electron chi connectivity index (χ3n) is 2.36. The zero-order valence-electron chi connectivity index (χ0n) is 9.11. The summed E-state index contributed by atoms with van der Waals surface area (Å²) in [6.45, 7) is 7.80. The maximum absolute atomic E-state index is 11.5. The van der Waals surface area contributed by atoms with Crippen molar-refractivity contribution < 1.29 is 0 Å². The summed E-state index contributed by atoms with van der Waals surface area (Å²) in [5.41, 5.74) is -0.0194. The first kappa shape index (κ1) is 12.6. The van der Waals surface area contributed by atoms with Gasteiger partial charge in [-0.1, -0.05) is 13.8 Å². The average molecular weight is 321 g/mol. The third-order valence-corrected chi connectivity index (χ3v) is 2.95. The van der Waals surface area contributed by atoms with Crippen molar-refractivity contribution in [2.24, 2.45) is 0 Å². The van der Waals surface area contributed by atoms with E-state index in [0.29, 0.717) is 6.54 Å². The molecular formula is C10H16IN3O. The van der Waals surface area contributed by atoms with Gasteiger partial charge in [0, 0.05) is 16.2 Å². The summed E-state index contributed by atoms with van der Waals surface area (Å²) < 4.78 is 2.40. The standard InChI is InChI=1S/C10H16IN3O/c1-3-13(4-2)5-6-14-10(15)7-9(11)8-12-14/h7-8H,3-6H2,1-2H3. The first-order chi connectivity index (χ1) is 7.17. The highest BCUT2D eigenvalue weighted by atomic mass is 127. The summed E-state index contributed by atoms with van der Waals surface area (Å²) in [5, 5.41) is 4.09. The third kappa shape index (κ3) is 3.90. The highest BCUT2D eigenvalue weighted by molar-refractivity contribution is 14.1. The van der Waals surface area contributed by atoms with Crippen LogP contribution >= 0.6 is 22.6 Å². The Morgan fingerprint density at radius 1 is 1.47 bits per heavy atom. The van der Waals surface area contributed by atoms with Gasteiger partial charge in [-0.25, -0.2) is 4.68 Å². The van der Waals surface area contributed by atoms with Crippen LogP contribution in [0.4, 0.5) is 0 Å². The Kier molecular flexibility index (Phi) is 5.24. The zero-order chi connectivity index (χ0) is 11.3. The Balaban J connectivity index is 2.61. The minimum atomic E-state index is -0.0194. The lowest BCUT2D eigenvalue weighted by Crippen LogP contribution is -2.31. The van der Waals surface area contributed by atoms with Crippen LogP contribution in [-0.4, -0.2) is 34.3 Å². The average Bonchev–Trinajstić information content (AvgIpc) is 2.22. The van der Waals surface area contributed by atoms with E-state index in [1.54, 1.807) is 12.3 Å². The summed E-state index contributed by atoms with van der Waals surface area (Å²) in [6.07, 6.45) is 1.71. The first-order valence-corrected chi connectivity index (χ1v) is 6.20. The smallest absolute Gasteiger partial charge is 0.267 e. The van der Waals surface area contributed by atoms with Crippen molar-refractivity contribution in [2.45, 2.75) is 20.4 Å². The molecule has 1 rings (SSSR count). The number of aromatic nitrogens is 2. The van der Waals surface area contributed by atoms with Gasteiger partial charge in [0.25, 0.3) is 5.56 Å². The van der Waals surface area contributed by atoms with Crippen LogP contribution in [0.15, 0.2) is 17.1 Å². The summed E-state index contributed by atoms with van der Waals surface area (Å²) in [7, 11) is 0. The van der Waals surface area contributed by atoms with Crippen LogP contribution in [0.5, 0.6) is 0 Å². The predicted octanol–water partition coefficient (Wildman–Crippen LogP) is 1.19. The number of rotatable bonds is 5. The minimum Gasteiger partial charge on any atom is -0.302 e. The van der Waals surface area contributed by atoms with Gasteiger partial charge >= 0.3 is 0 Å². The van der Waals surface area contributed by atoms with Gasteiger partial charge in [-0.3, -0.25) is 4.79 Å². The van der Waals surface area contributed by atoms with E-state index in [2.05, 4.69) is 46.4 Å². The lowest BCUT2D eigenvalue weighted by atomic mass is 10.4. The van der Waals surface area contributed by atoms with E-state index in [0.717, 1.165) is 23.2 Å². The largest absolute Gasteiger partial charge is 0.302 e. The monoisotopic (exact) mass is 321 g/mol. The van der Waals surface area contributed by atoms with Gasteiger partial charge in [0.15, 0.2) is 0 Å². The van der Waals surface area contributed by atoms with E-state index in [4.69, 9.17) is 0 Å². The molecule has 0 aliphatic carbocycles. The van der Waals surface area contributed by atoms with Gasteiger partial charge in [0.2, 0.25) is 0 Å². The van der Waals surface area contributed by atoms with Crippen LogP contribution in [0.25, 0.3) is 0 Å². The number of likely N-dealkylation sites (N-methyl/N-ethyl adjacent to an activating group) is 1. The minimum absolute atomic E-state index is 0.0194. The fraction of sp³-hybridized carbons (Fsp3) is 0.600. The molecule has 4 nitrogen and oxygen atoms in total. The molecule has 0 fully saturated rings. The number of nitrogens with zero attached hydrogens (tertiary/aromatic N) is 3. The molecule has 0 amide bonds. The van der Waals surface area contributed by atoms with E-state index in [1.807, 2.05) is 0 Å². The molecule has 0 N–H and O–H groups in total. The Morgan fingerprint density at radius 2 is 2.13 bits per heavy atom. The van der Waals surface area contributed by atoms with E-state index >= 15 is 0 Å². The van der Waals surface area contributed by atoms with Crippen molar-refractivity contribution in [1.82, 2.24) is 14.7 Å². The second-order valence-electron chi connectivity index (χ2n) is 3.26. The van der Waals surface area contributed by atoms with Gasteiger partial charge in [-0.15, -0.1) is 0 Å². The van der Waals surface area contributed by atoms with Crippen molar-refractivity contribution in [3.8, 4) is 0 Å². The molecule has 0 aromatic carbocycles. The van der Waals surface area contributed by atoms with Crippen molar-refractivity contribution in [3.63, 3.8) is 0 Å². The topological polar surface area (TPSA) is 38.1 Å². The second-order valence-corrected chi connectivity index (χ2v) is 4.51.